The van der Waals surface area contributed by atoms with Crippen molar-refractivity contribution in [3.05, 3.63) is 59.1 Å². The minimum absolute atomic E-state index is 0.639. The van der Waals surface area contributed by atoms with E-state index in [1.165, 1.54) is 6.08 Å². The molecule has 0 fully saturated rings. The van der Waals surface area contributed by atoms with Crippen LogP contribution in [0.4, 0.5) is 5.69 Å². The molecule has 0 saturated heterocycles. The van der Waals surface area contributed by atoms with Gasteiger partial charge in [0.05, 0.1) is 17.4 Å². The van der Waals surface area contributed by atoms with Crippen molar-refractivity contribution in [1.82, 2.24) is 9.55 Å². The number of thiophene rings is 1. The smallest absolute Gasteiger partial charge is 0.142 e. The molecule has 0 spiro atoms. The van der Waals surface area contributed by atoms with Crippen LogP contribution in [0.5, 0.6) is 0 Å². The van der Waals surface area contributed by atoms with Gasteiger partial charge in [-0.25, -0.2) is 4.98 Å². The van der Waals surface area contributed by atoms with Crippen molar-refractivity contribution in [2.75, 3.05) is 12.4 Å². The van der Waals surface area contributed by atoms with Gasteiger partial charge in [0, 0.05) is 36.6 Å². The Morgan fingerprint density at radius 2 is 2.22 bits per heavy atom. The molecule has 3 aromatic heterocycles. The Hall–Kier alpha value is -2.84. The van der Waals surface area contributed by atoms with Crippen LogP contribution in [0.25, 0.3) is 11.0 Å². The lowest BCUT2D eigenvalue weighted by Gasteiger charge is -1.99. The average molecular weight is 323 g/mol. The molecule has 0 aliphatic carbocycles. The first-order valence-corrected chi connectivity index (χ1v) is 7.87. The fourth-order valence-corrected chi connectivity index (χ4v) is 2.56. The Labute approximate surface area is 139 Å². The molecule has 0 bridgehead atoms. The van der Waals surface area contributed by atoms with Crippen molar-refractivity contribution >= 4 is 34.3 Å². The van der Waals surface area contributed by atoms with E-state index in [9.17, 15) is 0 Å². The molecule has 0 unspecified atom stereocenters. The van der Waals surface area contributed by atoms with Crippen molar-refractivity contribution in [1.29, 1.82) is 0 Å². The van der Waals surface area contributed by atoms with Gasteiger partial charge in [0.1, 0.15) is 11.9 Å². The fraction of sp³-hybridized carbons (Fsp3) is 0.111. The van der Waals surface area contributed by atoms with Gasteiger partial charge in [0.25, 0.3) is 0 Å². The van der Waals surface area contributed by atoms with Gasteiger partial charge in [-0.05, 0) is 23.6 Å². The Morgan fingerprint density at radius 3 is 2.83 bits per heavy atom. The largest absolute Gasteiger partial charge is 0.387 e. The average Bonchev–Trinajstić information content (AvgIpc) is 3.21. The monoisotopic (exact) mass is 323 g/mol. The lowest BCUT2D eigenvalue weighted by Crippen LogP contribution is -1.91. The molecule has 0 aromatic carbocycles. The van der Waals surface area contributed by atoms with Crippen molar-refractivity contribution in [3.8, 4) is 11.8 Å². The first kappa shape index (κ1) is 16.5. The molecule has 0 atom stereocenters. The number of carbonyl (C=O) groups excluding carboxylic acids is 1. The molecule has 4 nitrogen and oxygen atoms in total. The molecule has 0 aliphatic rings. The summed E-state index contributed by atoms with van der Waals surface area (Å²) in [5.41, 5.74) is 4.01. The van der Waals surface area contributed by atoms with E-state index in [4.69, 9.17) is 4.79 Å². The van der Waals surface area contributed by atoms with Gasteiger partial charge in [0.2, 0.25) is 0 Å². The number of nitrogens with zero attached hydrogens (tertiary/aromatic N) is 2. The van der Waals surface area contributed by atoms with E-state index in [-0.39, 0.29) is 0 Å². The van der Waals surface area contributed by atoms with Gasteiger partial charge in [-0.15, -0.1) is 0 Å². The minimum Gasteiger partial charge on any atom is -0.387 e. The van der Waals surface area contributed by atoms with Crippen LogP contribution in [0.1, 0.15) is 11.1 Å². The second-order valence-corrected chi connectivity index (χ2v) is 5.41. The third kappa shape index (κ3) is 4.09. The number of nitrogens with one attached hydrogen (secondary N) is 1. The Morgan fingerprint density at radius 1 is 1.43 bits per heavy atom. The maximum Gasteiger partial charge on any atom is 0.142 e. The minimum atomic E-state index is 0.639. The Balaban J connectivity index is 0.000000433. The molecule has 3 heterocycles. The zero-order chi connectivity index (χ0) is 16.7. The van der Waals surface area contributed by atoms with Crippen LogP contribution < -0.4 is 5.32 Å². The third-order valence-corrected chi connectivity index (χ3v) is 3.74. The molecule has 5 heteroatoms. The van der Waals surface area contributed by atoms with Crippen LogP contribution in [-0.2, 0) is 11.8 Å². The maximum absolute atomic E-state index is 9.06. The van der Waals surface area contributed by atoms with Crippen LogP contribution in [0, 0.1) is 11.8 Å². The second-order valence-electron chi connectivity index (χ2n) is 4.63. The molecule has 1 N–H and O–H groups in total. The van der Waals surface area contributed by atoms with Gasteiger partial charge < -0.3 is 9.88 Å². The van der Waals surface area contributed by atoms with Crippen LogP contribution in [0.2, 0.25) is 0 Å². The maximum atomic E-state index is 9.06. The highest BCUT2D eigenvalue weighted by molar-refractivity contribution is 7.08. The summed E-state index contributed by atoms with van der Waals surface area (Å²) in [6, 6.07) is 4.11. The molecule has 0 saturated carbocycles. The number of rotatable bonds is 2. The normalized spacial score (nSPS) is 9.30. The number of fused-ring (bicyclic) bond motifs is 1. The summed E-state index contributed by atoms with van der Waals surface area (Å²) in [5.74, 6) is 6.41. The van der Waals surface area contributed by atoms with Crippen LogP contribution >= 0.6 is 11.3 Å². The van der Waals surface area contributed by atoms with E-state index >= 15 is 0 Å². The van der Waals surface area contributed by atoms with Crippen molar-refractivity contribution in [3.63, 3.8) is 0 Å². The molecule has 3 rings (SSSR count). The number of anilines is 1. The molecule has 0 radical (unpaired) electrons. The number of aldehydes is 1. The van der Waals surface area contributed by atoms with E-state index < -0.39 is 0 Å². The molecule has 0 aliphatic heterocycles. The first-order chi connectivity index (χ1) is 11.2. The third-order valence-electron chi connectivity index (χ3n) is 3.06. The summed E-state index contributed by atoms with van der Waals surface area (Å²) in [5, 5.41) is 8.27. The predicted molar refractivity (Wildman–Crippen MR) is 96.8 cm³/mol. The van der Waals surface area contributed by atoms with Crippen LogP contribution in [-0.4, -0.2) is 22.9 Å². The zero-order valence-electron chi connectivity index (χ0n) is 13.0. The number of allylic oxidation sites excluding steroid dienone is 1. The molecule has 0 amide bonds. The number of carbonyl (C=O) groups is 1. The van der Waals surface area contributed by atoms with E-state index in [2.05, 4.69) is 40.2 Å². The first-order valence-electron chi connectivity index (χ1n) is 6.92. The molecule has 116 valence electrons. The SMILES string of the molecule is C=CC=O.CNc1cnc2c(c1)c(C#Cc1ccsc1)cn2C. The highest BCUT2D eigenvalue weighted by atomic mass is 32.1. The predicted octanol–water partition coefficient (Wildman–Crippen LogP) is 3.45. The molecular formula is C18H17N3OS. The zero-order valence-corrected chi connectivity index (χ0v) is 13.9. The van der Waals surface area contributed by atoms with Crippen molar-refractivity contribution in [2.45, 2.75) is 0 Å². The number of hydrogen-bond acceptors (Lipinski definition) is 4. The van der Waals surface area contributed by atoms with Gasteiger partial charge >= 0.3 is 0 Å². The fourth-order valence-electron chi connectivity index (χ4n) is 1.97. The highest BCUT2D eigenvalue weighted by Crippen LogP contribution is 2.21. The quantitative estimate of drug-likeness (QED) is 0.446. The summed E-state index contributed by atoms with van der Waals surface area (Å²) in [6.07, 6.45) is 5.69. The van der Waals surface area contributed by atoms with E-state index in [0.29, 0.717) is 6.29 Å². The summed E-state index contributed by atoms with van der Waals surface area (Å²) < 4.78 is 2.01. The van der Waals surface area contributed by atoms with E-state index in [0.717, 1.165) is 27.8 Å². The number of pyridine rings is 1. The van der Waals surface area contributed by atoms with Gasteiger partial charge in [-0.2, -0.15) is 11.3 Å². The molecule has 3 aromatic rings. The lowest BCUT2D eigenvalue weighted by molar-refractivity contribution is -0.104. The Kier molecular flexibility index (Phi) is 5.73. The molecular weight excluding hydrogens is 306 g/mol. The van der Waals surface area contributed by atoms with Crippen LogP contribution in [0.15, 0.2) is 47.9 Å². The van der Waals surface area contributed by atoms with Gasteiger partial charge in [0.15, 0.2) is 0 Å². The van der Waals surface area contributed by atoms with Crippen molar-refractivity contribution in [2.24, 2.45) is 7.05 Å². The van der Waals surface area contributed by atoms with E-state index in [1.807, 2.05) is 42.5 Å². The summed E-state index contributed by atoms with van der Waals surface area (Å²) in [7, 11) is 3.88. The number of aryl methyl sites for hydroxylation is 1. The summed E-state index contributed by atoms with van der Waals surface area (Å²) in [4.78, 5) is 13.5. The molecule has 23 heavy (non-hydrogen) atoms. The van der Waals surface area contributed by atoms with Gasteiger partial charge in [-0.1, -0.05) is 18.4 Å². The van der Waals surface area contributed by atoms with Crippen LogP contribution in [0.3, 0.4) is 0 Å². The number of aromatic nitrogens is 2. The summed E-state index contributed by atoms with van der Waals surface area (Å²) >= 11 is 1.66. The number of hydrogen-bond donors (Lipinski definition) is 1. The van der Waals surface area contributed by atoms with Crippen molar-refractivity contribution < 1.29 is 4.79 Å². The van der Waals surface area contributed by atoms with Gasteiger partial charge in [-0.3, -0.25) is 4.79 Å². The topological polar surface area (TPSA) is 46.9 Å². The standard InChI is InChI=1S/C15H13N3S.C3H4O/c1-16-13-7-14-12(4-3-11-5-6-19-10-11)9-18(2)15(14)17-8-13;1-2-3-4/h5-10,16H,1-2H3;2-3H,1H2. The Bertz CT molecular complexity index is 861. The summed E-state index contributed by atoms with van der Waals surface area (Å²) in [6.45, 7) is 3.11. The lowest BCUT2D eigenvalue weighted by atomic mass is 10.2. The second kappa shape index (κ2) is 7.97. The van der Waals surface area contributed by atoms with E-state index in [1.54, 1.807) is 11.3 Å². The highest BCUT2D eigenvalue weighted by Gasteiger charge is 2.06.